The summed E-state index contributed by atoms with van der Waals surface area (Å²) in [6.07, 6.45) is -0.344. The number of rotatable bonds is 6. The fraction of sp³-hybridized carbons (Fsp3) is 0.348. The third-order valence-corrected chi connectivity index (χ3v) is 5.24. The van der Waals surface area contributed by atoms with Crippen molar-refractivity contribution in [1.82, 2.24) is 0 Å². The molecular formula is C23H25NO4. The highest BCUT2D eigenvalue weighted by atomic mass is 16.5. The summed E-state index contributed by atoms with van der Waals surface area (Å²) in [6, 6.07) is 14.6. The third kappa shape index (κ3) is 4.14. The van der Waals surface area contributed by atoms with E-state index in [1.54, 1.807) is 36.1 Å². The van der Waals surface area contributed by atoms with Crippen molar-refractivity contribution in [3.8, 4) is 0 Å². The predicted octanol–water partition coefficient (Wildman–Crippen LogP) is 3.86. The molecule has 1 fully saturated rings. The third-order valence-electron chi connectivity index (χ3n) is 5.24. The van der Waals surface area contributed by atoms with Crippen molar-refractivity contribution in [2.45, 2.75) is 39.7 Å². The Morgan fingerprint density at radius 2 is 1.82 bits per heavy atom. The Morgan fingerprint density at radius 3 is 2.46 bits per heavy atom. The summed E-state index contributed by atoms with van der Waals surface area (Å²) in [5, 5.41) is 0. The van der Waals surface area contributed by atoms with E-state index in [4.69, 9.17) is 4.74 Å². The van der Waals surface area contributed by atoms with E-state index in [1.807, 2.05) is 38.1 Å². The summed E-state index contributed by atoms with van der Waals surface area (Å²) in [5.74, 6) is -1.37. The van der Waals surface area contributed by atoms with Crippen LogP contribution in [-0.4, -0.2) is 30.3 Å². The van der Waals surface area contributed by atoms with Gasteiger partial charge in [0.2, 0.25) is 11.7 Å². The monoisotopic (exact) mass is 379 g/mol. The van der Waals surface area contributed by atoms with Gasteiger partial charge >= 0.3 is 5.97 Å². The number of nitrogens with zero attached hydrogens (tertiary/aromatic N) is 1. The summed E-state index contributed by atoms with van der Waals surface area (Å²) in [6.45, 7) is 6.09. The van der Waals surface area contributed by atoms with Gasteiger partial charge in [-0.3, -0.25) is 14.4 Å². The first-order valence-corrected chi connectivity index (χ1v) is 9.58. The van der Waals surface area contributed by atoms with Gasteiger partial charge in [-0.25, -0.2) is 0 Å². The van der Waals surface area contributed by atoms with E-state index in [0.29, 0.717) is 12.0 Å². The second-order valence-electron chi connectivity index (χ2n) is 7.24. The molecule has 1 aliphatic rings. The Labute approximate surface area is 165 Å². The Balaban J connectivity index is 1.68. The number of carbonyl (C=O) groups excluding carboxylic acids is 3. The quantitative estimate of drug-likeness (QED) is 0.565. The number of ketones is 1. The number of ether oxygens (including phenoxy) is 1. The minimum Gasteiger partial charge on any atom is -0.454 e. The number of Topliss-reactive ketones (excluding diaryl/α,β-unsaturated/α-hetero) is 1. The van der Waals surface area contributed by atoms with Gasteiger partial charge in [-0.05, 0) is 43.5 Å². The van der Waals surface area contributed by atoms with Crippen LogP contribution in [0.25, 0.3) is 0 Å². The summed E-state index contributed by atoms with van der Waals surface area (Å²) < 4.78 is 5.51. The highest BCUT2D eigenvalue weighted by Crippen LogP contribution is 2.28. The molecule has 2 atom stereocenters. The van der Waals surface area contributed by atoms with E-state index >= 15 is 0 Å². The Morgan fingerprint density at radius 1 is 1.11 bits per heavy atom. The van der Waals surface area contributed by atoms with Crippen LogP contribution in [-0.2, 0) is 14.3 Å². The molecule has 2 aromatic carbocycles. The van der Waals surface area contributed by atoms with Gasteiger partial charge in [0, 0.05) is 24.2 Å². The van der Waals surface area contributed by atoms with Crippen molar-refractivity contribution < 1.29 is 19.1 Å². The number of carbonyl (C=O) groups is 3. The van der Waals surface area contributed by atoms with Crippen LogP contribution in [0.5, 0.6) is 0 Å². The molecule has 1 saturated heterocycles. The first-order chi connectivity index (χ1) is 13.4. The number of anilines is 1. The molecule has 5 heteroatoms. The highest BCUT2D eigenvalue weighted by molar-refractivity contribution is 6.02. The van der Waals surface area contributed by atoms with E-state index in [1.165, 1.54) is 0 Å². The minimum absolute atomic E-state index is 0.0989. The molecule has 0 N–H and O–H groups in total. The van der Waals surface area contributed by atoms with Crippen molar-refractivity contribution in [2.24, 2.45) is 5.92 Å². The number of hydrogen-bond donors (Lipinski definition) is 0. The fourth-order valence-corrected chi connectivity index (χ4v) is 3.36. The van der Waals surface area contributed by atoms with Crippen LogP contribution >= 0.6 is 0 Å². The first kappa shape index (κ1) is 19.8. The molecular weight excluding hydrogens is 354 g/mol. The molecule has 0 bridgehead atoms. The lowest BCUT2D eigenvalue weighted by Crippen LogP contribution is -2.31. The van der Waals surface area contributed by atoms with E-state index in [9.17, 15) is 14.4 Å². The van der Waals surface area contributed by atoms with Crippen LogP contribution in [0, 0.1) is 19.8 Å². The molecule has 0 aromatic heterocycles. The van der Waals surface area contributed by atoms with Crippen molar-refractivity contribution in [1.29, 1.82) is 0 Å². The number of amides is 1. The molecule has 5 nitrogen and oxygen atoms in total. The van der Waals surface area contributed by atoms with Gasteiger partial charge in [-0.15, -0.1) is 0 Å². The lowest BCUT2D eigenvalue weighted by atomic mass is 10.0. The Kier molecular flexibility index (Phi) is 5.93. The zero-order valence-electron chi connectivity index (χ0n) is 16.5. The molecule has 0 spiro atoms. The standard InChI is InChI=1S/C23H25NO4/c1-4-20(22(26)17-8-6-5-7-9-17)28-23(27)18-13-21(25)24(14-18)19-11-10-15(2)16(3)12-19/h5-12,18,20H,4,13-14H2,1-3H3/t18-,20+/m0/s1. The van der Waals surface area contributed by atoms with E-state index in [2.05, 4.69) is 0 Å². The zero-order chi connectivity index (χ0) is 20.3. The first-order valence-electron chi connectivity index (χ1n) is 9.58. The Bertz CT molecular complexity index is 891. The molecule has 1 aliphatic heterocycles. The molecule has 28 heavy (non-hydrogen) atoms. The molecule has 0 radical (unpaired) electrons. The van der Waals surface area contributed by atoms with E-state index < -0.39 is 18.0 Å². The highest BCUT2D eigenvalue weighted by Gasteiger charge is 2.37. The van der Waals surface area contributed by atoms with Gasteiger partial charge in [-0.1, -0.05) is 43.3 Å². The molecule has 1 heterocycles. The average Bonchev–Trinajstić information content (AvgIpc) is 3.10. The molecule has 1 amide bonds. The topological polar surface area (TPSA) is 63.7 Å². The second kappa shape index (κ2) is 8.38. The molecule has 0 saturated carbocycles. The maximum absolute atomic E-state index is 12.6. The predicted molar refractivity (Wildman–Crippen MR) is 107 cm³/mol. The number of benzene rings is 2. The Hall–Kier alpha value is -2.95. The SMILES string of the molecule is CC[C@@H](OC(=O)[C@H]1CC(=O)N(c2ccc(C)c(C)c2)C1)C(=O)c1ccccc1. The average molecular weight is 379 g/mol. The largest absolute Gasteiger partial charge is 0.454 e. The second-order valence-corrected chi connectivity index (χ2v) is 7.24. The van der Waals surface area contributed by atoms with Crippen molar-refractivity contribution in [3.05, 3.63) is 65.2 Å². The maximum Gasteiger partial charge on any atom is 0.312 e. The van der Waals surface area contributed by atoms with Crippen LogP contribution in [0.3, 0.4) is 0 Å². The number of esters is 1. The number of aryl methyl sites for hydroxylation is 2. The lowest BCUT2D eigenvalue weighted by molar-refractivity contribution is -0.151. The van der Waals surface area contributed by atoms with Gasteiger partial charge in [0.1, 0.15) is 0 Å². The van der Waals surface area contributed by atoms with Crippen LogP contribution < -0.4 is 4.90 Å². The van der Waals surface area contributed by atoms with Crippen LogP contribution in [0.4, 0.5) is 5.69 Å². The normalized spacial score (nSPS) is 17.5. The summed E-state index contributed by atoms with van der Waals surface area (Å²) in [4.78, 5) is 39.3. The summed E-state index contributed by atoms with van der Waals surface area (Å²) in [5.41, 5.74) is 3.55. The van der Waals surface area contributed by atoms with E-state index in [-0.39, 0.29) is 24.7 Å². The fourth-order valence-electron chi connectivity index (χ4n) is 3.36. The lowest BCUT2D eigenvalue weighted by Gasteiger charge is -2.19. The smallest absolute Gasteiger partial charge is 0.312 e. The number of hydrogen-bond acceptors (Lipinski definition) is 4. The molecule has 0 unspecified atom stereocenters. The van der Waals surface area contributed by atoms with Crippen LogP contribution in [0.2, 0.25) is 0 Å². The van der Waals surface area contributed by atoms with Crippen LogP contribution in [0.1, 0.15) is 41.3 Å². The zero-order valence-corrected chi connectivity index (χ0v) is 16.5. The van der Waals surface area contributed by atoms with E-state index in [0.717, 1.165) is 16.8 Å². The van der Waals surface area contributed by atoms with Gasteiger partial charge in [-0.2, -0.15) is 0 Å². The van der Waals surface area contributed by atoms with Gasteiger partial charge < -0.3 is 9.64 Å². The summed E-state index contributed by atoms with van der Waals surface area (Å²) in [7, 11) is 0. The maximum atomic E-state index is 12.6. The van der Waals surface area contributed by atoms with Gasteiger partial charge in [0.15, 0.2) is 6.10 Å². The minimum atomic E-state index is -0.833. The van der Waals surface area contributed by atoms with Gasteiger partial charge in [0.05, 0.1) is 5.92 Å². The van der Waals surface area contributed by atoms with Crippen molar-refractivity contribution >= 4 is 23.3 Å². The van der Waals surface area contributed by atoms with Crippen LogP contribution in [0.15, 0.2) is 48.5 Å². The van der Waals surface area contributed by atoms with Crippen molar-refractivity contribution in [3.63, 3.8) is 0 Å². The molecule has 2 aromatic rings. The van der Waals surface area contributed by atoms with Crippen molar-refractivity contribution in [2.75, 3.05) is 11.4 Å². The van der Waals surface area contributed by atoms with Gasteiger partial charge in [0.25, 0.3) is 0 Å². The molecule has 146 valence electrons. The molecule has 0 aliphatic carbocycles. The summed E-state index contributed by atoms with van der Waals surface area (Å²) >= 11 is 0. The molecule has 3 rings (SSSR count).